The Morgan fingerprint density at radius 2 is 2.29 bits per heavy atom. The van der Waals surface area contributed by atoms with Crippen LogP contribution in [-0.4, -0.2) is 29.7 Å². The topological polar surface area (TPSA) is 52.2 Å². The van der Waals surface area contributed by atoms with Crippen molar-refractivity contribution in [3.8, 4) is 0 Å². The van der Waals surface area contributed by atoms with Gasteiger partial charge in [-0.05, 0) is 26.2 Å². The summed E-state index contributed by atoms with van der Waals surface area (Å²) >= 11 is 0. The first-order valence-corrected chi connectivity index (χ1v) is 5.36. The number of likely N-dealkylation sites (tertiary alicyclic amines) is 1. The number of nitrogens with one attached hydrogen (secondary N) is 1. The van der Waals surface area contributed by atoms with E-state index in [9.17, 15) is 9.90 Å². The molecule has 81 valence electrons. The maximum atomic E-state index is 11.3. The molecule has 1 rings (SSSR count). The molecule has 14 heavy (non-hydrogen) atoms. The van der Waals surface area contributed by atoms with Crippen molar-refractivity contribution in [2.45, 2.75) is 51.9 Å². The predicted molar refractivity (Wildman–Crippen MR) is 52.9 cm³/mol. The summed E-state index contributed by atoms with van der Waals surface area (Å²) in [5.41, 5.74) is 0. The highest BCUT2D eigenvalue weighted by atomic mass is 16.3. The Morgan fingerprint density at radius 1 is 1.57 bits per heavy atom. The molecule has 1 fully saturated rings. The van der Waals surface area contributed by atoms with Crippen LogP contribution in [0.3, 0.4) is 0 Å². The van der Waals surface area contributed by atoms with E-state index in [4.69, 9.17) is 0 Å². The minimum atomic E-state index is -0.725. The summed E-state index contributed by atoms with van der Waals surface area (Å²) in [5, 5.41) is 14.2. The maximum absolute atomic E-state index is 11.3. The molecule has 1 radical (unpaired) electrons. The van der Waals surface area contributed by atoms with Gasteiger partial charge in [-0.2, -0.15) is 0 Å². The standard InChI is InChI=1S/C10H19N2O2/c1-3-10(14)11-9-6-4-5-7-12(9)8(2)13/h8-9H,3-7H2,1-2H3,(H,11,14). The fourth-order valence-electron chi connectivity index (χ4n) is 1.83. The normalized spacial score (nSPS) is 25.8. The predicted octanol–water partition coefficient (Wildman–Crippen LogP) is 1.10. The smallest absolute Gasteiger partial charge is 0.220 e. The second-order valence-electron chi connectivity index (χ2n) is 3.77. The third kappa shape index (κ3) is 2.96. The van der Waals surface area contributed by atoms with E-state index in [1.54, 1.807) is 6.92 Å². The fourth-order valence-corrected chi connectivity index (χ4v) is 1.83. The van der Waals surface area contributed by atoms with Gasteiger partial charge in [-0.3, -0.25) is 9.69 Å². The van der Waals surface area contributed by atoms with Crippen LogP contribution in [0, 0.1) is 0 Å². The van der Waals surface area contributed by atoms with Crippen LogP contribution in [0.4, 0.5) is 0 Å². The Kier molecular flexibility index (Phi) is 4.35. The van der Waals surface area contributed by atoms with Crippen LogP contribution < -0.4 is 5.32 Å². The van der Waals surface area contributed by atoms with Crippen LogP contribution in [-0.2, 0) is 9.90 Å². The molecular weight excluding hydrogens is 180 g/mol. The van der Waals surface area contributed by atoms with E-state index in [1.807, 2.05) is 11.8 Å². The number of hydrogen-bond acceptors (Lipinski definition) is 2. The van der Waals surface area contributed by atoms with Crippen molar-refractivity contribution in [3.63, 3.8) is 0 Å². The van der Waals surface area contributed by atoms with Gasteiger partial charge in [-0.15, -0.1) is 0 Å². The molecule has 1 heterocycles. The second-order valence-corrected chi connectivity index (χ2v) is 3.77. The van der Waals surface area contributed by atoms with Crippen molar-refractivity contribution in [2.75, 3.05) is 6.54 Å². The minimum Gasteiger partial charge on any atom is -0.340 e. The van der Waals surface area contributed by atoms with E-state index in [-0.39, 0.29) is 12.1 Å². The third-order valence-electron chi connectivity index (χ3n) is 2.66. The SMILES string of the molecule is CCC(=O)NC1CCCCN1C(C)[O]. The average molecular weight is 199 g/mol. The van der Waals surface area contributed by atoms with Crippen molar-refractivity contribution in [1.82, 2.24) is 10.2 Å². The number of piperidine rings is 1. The van der Waals surface area contributed by atoms with Crippen molar-refractivity contribution in [3.05, 3.63) is 0 Å². The van der Waals surface area contributed by atoms with Crippen molar-refractivity contribution < 1.29 is 9.90 Å². The molecular formula is C10H19N2O2. The van der Waals surface area contributed by atoms with Gasteiger partial charge in [-0.25, -0.2) is 5.11 Å². The van der Waals surface area contributed by atoms with Crippen LogP contribution in [0.15, 0.2) is 0 Å². The van der Waals surface area contributed by atoms with E-state index in [0.29, 0.717) is 6.42 Å². The second kappa shape index (κ2) is 5.32. The van der Waals surface area contributed by atoms with Crippen LogP contribution in [0.1, 0.15) is 39.5 Å². The molecule has 0 aromatic carbocycles. The van der Waals surface area contributed by atoms with Gasteiger partial charge >= 0.3 is 0 Å². The van der Waals surface area contributed by atoms with E-state index < -0.39 is 6.23 Å². The van der Waals surface area contributed by atoms with Crippen LogP contribution in [0.5, 0.6) is 0 Å². The van der Waals surface area contributed by atoms with Gasteiger partial charge in [0.05, 0.1) is 6.17 Å². The molecule has 2 atom stereocenters. The number of amides is 1. The molecule has 2 unspecified atom stereocenters. The van der Waals surface area contributed by atoms with Crippen molar-refractivity contribution in [2.24, 2.45) is 0 Å². The summed E-state index contributed by atoms with van der Waals surface area (Å²) in [7, 11) is 0. The maximum Gasteiger partial charge on any atom is 0.220 e. The Morgan fingerprint density at radius 3 is 2.86 bits per heavy atom. The molecule has 0 spiro atoms. The summed E-state index contributed by atoms with van der Waals surface area (Å²) in [6.07, 6.45) is 2.78. The van der Waals surface area contributed by atoms with Crippen molar-refractivity contribution in [1.29, 1.82) is 0 Å². The molecule has 0 bridgehead atoms. The van der Waals surface area contributed by atoms with Crippen LogP contribution in [0.25, 0.3) is 0 Å². The molecule has 1 aliphatic rings. The molecule has 1 N–H and O–H groups in total. The summed E-state index contributed by atoms with van der Waals surface area (Å²) in [4.78, 5) is 13.0. The first kappa shape index (κ1) is 11.5. The van der Waals surface area contributed by atoms with Gasteiger partial charge < -0.3 is 5.32 Å². The zero-order chi connectivity index (χ0) is 10.6. The van der Waals surface area contributed by atoms with Gasteiger partial charge in [0, 0.05) is 13.0 Å². The van der Waals surface area contributed by atoms with Gasteiger partial charge in [0.2, 0.25) is 5.91 Å². The highest BCUT2D eigenvalue weighted by Crippen LogP contribution is 2.16. The lowest BCUT2D eigenvalue weighted by Gasteiger charge is -2.36. The fraction of sp³-hybridized carbons (Fsp3) is 0.900. The molecule has 4 heteroatoms. The van der Waals surface area contributed by atoms with Gasteiger partial charge in [-0.1, -0.05) is 6.92 Å². The number of hydrogen-bond donors (Lipinski definition) is 1. The van der Waals surface area contributed by atoms with Gasteiger partial charge in [0.1, 0.15) is 6.23 Å². The third-order valence-corrected chi connectivity index (χ3v) is 2.66. The van der Waals surface area contributed by atoms with E-state index in [1.165, 1.54) is 0 Å². The van der Waals surface area contributed by atoms with E-state index in [2.05, 4.69) is 5.32 Å². The Labute approximate surface area is 85.3 Å². The van der Waals surface area contributed by atoms with Crippen molar-refractivity contribution >= 4 is 5.91 Å². The molecule has 1 saturated heterocycles. The number of carbonyl (C=O) groups excluding carboxylic acids is 1. The first-order chi connectivity index (χ1) is 6.65. The van der Waals surface area contributed by atoms with Crippen LogP contribution >= 0.6 is 0 Å². The lowest BCUT2D eigenvalue weighted by Crippen LogP contribution is -2.53. The highest BCUT2D eigenvalue weighted by molar-refractivity contribution is 5.75. The average Bonchev–Trinajstić information content (AvgIpc) is 2.18. The Balaban J connectivity index is 2.49. The quantitative estimate of drug-likeness (QED) is 0.740. The molecule has 4 nitrogen and oxygen atoms in total. The van der Waals surface area contributed by atoms with E-state index in [0.717, 1.165) is 25.8 Å². The first-order valence-electron chi connectivity index (χ1n) is 5.36. The van der Waals surface area contributed by atoms with Gasteiger partial charge in [0.25, 0.3) is 0 Å². The molecule has 1 amide bonds. The number of nitrogens with zero attached hydrogens (tertiary/aromatic N) is 1. The van der Waals surface area contributed by atoms with E-state index >= 15 is 0 Å². The number of rotatable bonds is 3. The monoisotopic (exact) mass is 199 g/mol. The molecule has 0 aliphatic carbocycles. The molecule has 0 saturated carbocycles. The molecule has 0 aromatic heterocycles. The minimum absolute atomic E-state index is 0.0301. The summed E-state index contributed by atoms with van der Waals surface area (Å²) < 4.78 is 0. The zero-order valence-corrected chi connectivity index (χ0v) is 8.95. The Bertz CT molecular complexity index is 195. The highest BCUT2D eigenvalue weighted by Gasteiger charge is 2.26. The van der Waals surface area contributed by atoms with Crippen LogP contribution in [0.2, 0.25) is 0 Å². The lowest BCUT2D eigenvalue weighted by molar-refractivity contribution is -0.127. The lowest BCUT2D eigenvalue weighted by atomic mass is 10.1. The largest absolute Gasteiger partial charge is 0.340 e. The molecule has 0 aromatic rings. The zero-order valence-electron chi connectivity index (χ0n) is 8.95. The van der Waals surface area contributed by atoms with Gasteiger partial charge in [0.15, 0.2) is 0 Å². The summed E-state index contributed by atoms with van der Waals surface area (Å²) in [6, 6.07) is 0. The molecule has 1 aliphatic heterocycles. The summed E-state index contributed by atoms with van der Waals surface area (Å²) in [5.74, 6) is 0.0301. The summed E-state index contributed by atoms with van der Waals surface area (Å²) in [6.45, 7) is 4.26. The Hall–Kier alpha value is -0.610. The number of carbonyl (C=O) groups is 1.